The van der Waals surface area contributed by atoms with Crippen LogP contribution in [0.15, 0.2) is 61.4 Å². The molecule has 0 radical (unpaired) electrons. The zero-order valence-corrected chi connectivity index (χ0v) is 18.8. The standard InChI is InChI=1S/C25H30N6O/c1-19(2)31-16-23(28-18-31)22-15-29(14-21-5-3-4-9-27-21)17-25(22)8-12-30(24(25)32)13-20-6-10-26-11-7-20/h3-7,9-11,16,18-19,22H,8,12-15,17H2,1-2H3. The SMILES string of the molecule is CC(C)n1cnc(C2CN(Cc3ccccn3)CC23CCN(Cc2ccncc2)C3=O)c1. The molecule has 7 nitrogen and oxygen atoms in total. The first-order valence-corrected chi connectivity index (χ1v) is 11.4. The molecule has 0 bridgehead atoms. The predicted octanol–water partition coefficient (Wildman–Crippen LogP) is 3.27. The normalized spacial score (nSPS) is 23.7. The summed E-state index contributed by atoms with van der Waals surface area (Å²) < 4.78 is 2.14. The van der Waals surface area contributed by atoms with Crippen molar-refractivity contribution in [2.45, 2.75) is 45.3 Å². The minimum absolute atomic E-state index is 0.0844. The van der Waals surface area contributed by atoms with E-state index in [1.165, 1.54) is 0 Å². The summed E-state index contributed by atoms with van der Waals surface area (Å²) in [5, 5.41) is 0. The Morgan fingerprint density at radius 2 is 1.94 bits per heavy atom. The molecule has 2 unspecified atom stereocenters. The van der Waals surface area contributed by atoms with E-state index < -0.39 is 5.41 Å². The minimum Gasteiger partial charge on any atom is -0.338 e. The van der Waals surface area contributed by atoms with Gasteiger partial charge in [-0.25, -0.2) is 4.98 Å². The molecule has 32 heavy (non-hydrogen) atoms. The van der Waals surface area contributed by atoms with Gasteiger partial charge in [0.1, 0.15) is 0 Å². The van der Waals surface area contributed by atoms with Crippen LogP contribution in [-0.2, 0) is 17.9 Å². The van der Waals surface area contributed by atoms with Gasteiger partial charge in [-0.1, -0.05) is 6.07 Å². The first-order valence-electron chi connectivity index (χ1n) is 11.4. The van der Waals surface area contributed by atoms with Crippen LogP contribution in [0.2, 0.25) is 0 Å². The van der Waals surface area contributed by atoms with E-state index in [4.69, 9.17) is 4.98 Å². The Bertz CT molecular complexity index is 1070. The van der Waals surface area contributed by atoms with Crippen molar-refractivity contribution in [1.29, 1.82) is 0 Å². The number of pyridine rings is 2. The average Bonchev–Trinajstić information content (AvgIpc) is 3.50. The topological polar surface area (TPSA) is 67.2 Å². The van der Waals surface area contributed by atoms with Gasteiger partial charge in [-0.3, -0.25) is 19.7 Å². The van der Waals surface area contributed by atoms with E-state index in [1.54, 1.807) is 12.4 Å². The smallest absolute Gasteiger partial charge is 0.231 e. The second-order valence-electron chi connectivity index (χ2n) is 9.37. The molecular formula is C25H30N6O. The maximum absolute atomic E-state index is 13.9. The van der Waals surface area contributed by atoms with E-state index in [2.05, 4.69) is 45.5 Å². The zero-order valence-electron chi connectivity index (χ0n) is 18.8. The monoisotopic (exact) mass is 430 g/mol. The number of rotatable bonds is 6. The summed E-state index contributed by atoms with van der Waals surface area (Å²) in [6, 6.07) is 10.3. The van der Waals surface area contributed by atoms with Gasteiger partial charge in [0.25, 0.3) is 0 Å². The van der Waals surface area contributed by atoms with Crippen LogP contribution in [0.3, 0.4) is 0 Å². The van der Waals surface area contributed by atoms with Gasteiger partial charge in [0, 0.05) is 69.5 Å². The number of carbonyl (C=O) groups excluding carboxylic acids is 1. The van der Waals surface area contributed by atoms with E-state index in [0.29, 0.717) is 12.6 Å². The van der Waals surface area contributed by atoms with Crippen molar-refractivity contribution < 1.29 is 4.79 Å². The van der Waals surface area contributed by atoms with Crippen LogP contribution in [0.1, 0.15) is 49.2 Å². The van der Waals surface area contributed by atoms with Crippen molar-refractivity contribution in [3.05, 3.63) is 78.4 Å². The molecule has 0 aromatic carbocycles. The number of nitrogens with zero attached hydrogens (tertiary/aromatic N) is 6. The molecule has 0 saturated carbocycles. The summed E-state index contributed by atoms with van der Waals surface area (Å²) in [5.74, 6) is 0.336. The molecule has 2 aliphatic heterocycles. The van der Waals surface area contributed by atoms with Crippen molar-refractivity contribution in [3.63, 3.8) is 0 Å². The summed E-state index contributed by atoms with van der Waals surface area (Å²) in [7, 11) is 0. The van der Waals surface area contributed by atoms with Crippen LogP contribution in [0.5, 0.6) is 0 Å². The Balaban J connectivity index is 1.43. The molecule has 5 rings (SSSR count). The Morgan fingerprint density at radius 1 is 1.09 bits per heavy atom. The van der Waals surface area contributed by atoms with Crippen LogP contribution < -0.4 is 0 Å². The fraction of sp³-hybridized carbons (Fsp3) is 0.440. The second-order valence-corrected chi connectivity index (χ2v) is 9.37. The van der Waals surface area contributed by atoms with Gasteiger partial charge < -0.3 is 9.47 Å². The van der Waals surface area contributed by atoms with E-state index >= 15 is 0 Å². The van der Waals surface area contributed by atoms with Gasteiger partial charge in [0.15, 0.2) is 0 Å². The lowest BCUT2D eigenvalue weighted by molar-refractivity contribution is -0.136. The van der Waals surface area contributed by atoms with Crippen molar-refractivity contribution >= 4 is 5.91 Å². The highest BCUT2D eigenvalue weighted by atomic mass is 16.2. The van der Waals surface area contributed by atoms with E-state index in [9.17, 15) is 4.79 Å². The van der Waals surface area contributed by atoms with Crippen molar-refractivity contribution in [1.82, 2.24) is 29.3 Å². The Hall–Kier alpha value is -3.06. The molecule has 7 heteroatoms. The lowest BCUT2D eigenvalue weighted by Crippen LogP contribution is -2.39. The number of likely N-dealkylation sites (tertiary alicyclic amines) is 2. The summed E-state index contributed by atoms with van der Waals surface area (Å²) in [4.78, 5) is 31.7. The highest BCUT2D eigenvalue weighted by molar-refractivity contribution is 5.86. The van der Waals surface area contributed by atoms with E-state index in [0.717, 1.165) is 49.6 Å². The molecule has 2 saturated heterocycles. The van der Waals surface area contributed by atoms with Gasteiger partial charge in [0.2, 0.25) is 5.91 Å². The van der Waals surface area contributed by atoms with Crippen molar-refractivity contribution in [2.75, 3.05) is 19.6 Å². The molecule has 0 N–H and O–H groups in total. The molecule has 166 valence electrons. The van der Waals surface area contributed by atoms with Crippen LogP contribution in [-0.4, -0.2) is 54.9 Å². The largest absolute Gasteiger partial charge is 0.338 e. The van der Waals surface area contributed by atoms with Crippen molar-refractivity contribution in [3.8, 4) is 0 Å². The lowest BCUT2D eigenvalue weighted by Gasteiger charge is -2.28. The third-order valence-corrected chi connectivity index (χ3v) is 6.96. The maximum atomic E-state index is 13.9. The van der Waals surface area contributed by atoms with Gasteiger partial charge in [-0.05, 0) is 50.1 Å². The quantitative estimate of drug-likeness (QED) is 0.600. The molecule has 2 fully saturated rings. The third kappa shape index (κ3) is 3.81. The van der Waals surface area contributed by atoms with Gasteiger partial charge in [0.05, 0.1) is 23.1 Å². The van der Waals surface area contributed by atoms with Crippen LogP contribution >= 0.6 is 0 Å². The number of aromatic nitrogens is 4. The summed E-state index contributed by atoms with van der Waals surface area (Å²) in [6.45, 7) is 8.04. The Kier molecular flexibility index (Phi) is 5.51. The van der Waals surface area contributed by atoms with Crippen LogP contribution in [0.4, 0.5) is 0 Å². The zero-order chi connectivity index (χ0) is 22.1. The molecule has 2 atom stereocenters. The number of carbonyl (C=O) groups is 1. The highest BCUT2D eigenvalue weighted by Gasteiger charge is 2.57. The first-order chi connectivity index (χ1) is 15.5. The molecule has 2 aliphatic rings. The number of hydrogen-bond acceptors (Lipinski definition) is 5. The molecule has 5 heterocycles. The summed E-state index contributed by atoms with van der Waals surface area (Å²) >= 11 is 0. The fourth-order valence-electron chi connectivity index (χ4n) is 5.23. The van der Waals surface area contributed by atoms with Crippen molar-refractivity contribution in [2.24, 2.45) is 5.41 Å². The van der Waals surface area contributed by atoms with Crippen LogP contribution in [0, 0.1) is 5.41 Å². The molecule has 1 spiro atoms. The molecule has 0 aliphatic carbocycles. The minimum atomic E-state index is -0.433. The number of hydrogen-bond donors (Lipinski definition) is 0. The third-order valence-electron chi connectivity index (χ3n) is 6.96. The molecular weight excluding hydrogens is 400 g/mol. The molecule has 3 aromatic heterocycles. The van der Waals surface area contributed by atoms with Gasteiger partial charge in [-0.15, -0.1) is 0 Å². The van der Waals surface area contributed by atoms with Crippen LogP contribution in [0.25, 0.3) is 0 Å². The second kappa shape index (κ2) is 8.47. The Labute approximate surface area is 189 Å². The van der Waals surface area contributed by atoms with E-state index in [1.807, 2.05) is 41.7 Å². The lowest BCUT2D eigenvalue weighted by atomic mass is 9.75. The summed E-state index contributed by atoms with van der Waals surface area (Å²) in [5.41, 5.74) is 2.75. The molecule has 3 aromatic rings. The van der Waals surface area contributed by atoms with Gasteiger partial charge in [-0.2, -0.15) is 0 Å². The summed E-state index contributed by atoms with van der Waals surface area (Å²) in [6.07, 6.45) is 10.3. The number of amides is 1. The Morgan fingerprint density at radius 3 is 2.66 bits per heavy atom. The fourth-order valence-corrected chi connectivity index (χ4v) is 5.23. The van der Waals surface area contributed by atoms with Gasteiger partial charge >= 0.3 is 0 Å². The average molecular weight is 431 g/mol. The molecule has 1 amide bonds. The first kappa shape index (κ1) is 20.8. The number of imidazole rings is 1. The highest BCUT2D eigenvalue weighted by Crippen LogP contribution is 2.50. The maximum Gasteiger partial charge on any atom is 0.231 e. The van der Waals surface area contributed by atoms with E-state index in [-0.39, 0.29) is 11.8 Å². The predicted molar refractivity (Wildman–Crippen MR) is 122 cm³/mol.